The van der Waals surface area contributed by atoms with Gasteiger partial charge in [-0.25, -0.2) is 0 Å². The summed E-state index contributed by atoms with van der Waals surface area (Å²) in [7, 11) is 3.35. The zero-order valence-electron chi connectivity index (χ0n) is 11.7. The number of halogens is 1. The van der Waals surface area contributed by atoms with Gasteiger partial charge in [0, 0.05) is 30.4 Å². The molecule has 0 aliphatic heterocycles. The molecule has 108 valence electrons. The molecule has 0 radical (unpaired) electrons. The van der Waals surface area contributed by atoms with Crippen LogP contribution in [0.4, 0.5) is 0 Å². The van der Waals surface area contributed by atoms with Crippen molar-refractivity contribution in [3.05, 3.63) is 28.2 Å². The first-order valence-corrected chi connectivity index (χ1v) is 7.44. The minimum Gasteiger partial charge on any atom is -0.496 e. The Kier molecular flexibility index (Phi) is 4.81. The Morgan fingerprint density at radius 1 is 1.35 bits per heavy atom. The second kappa shape index (κ2) is 6.39. The largest absolute Gasteiger partial charge is 0.496 e. The van der Waals surface area contributed by atoms with Gasteiger partial charge in [0.05, 0.1) is 12.7 Å². The van der Waals surface area contributed by atoms with Crippen LogP contribution in [0.3, 0.4) is 0 Å². The highest BCUT2D eigenvalue weighted by atomic mass is 79.9. The van der Waals surface area contributed by atoms with Gasteiger partial charge < -0.3 is 9.64 Å². The van der Waals surface area contributed by atoms with Crippen LogP contribution in [0.15, 0.2) is 22.7 Å². The summed E-state index contributed by atoms with van der Waals surface area (Å²) < 4.78 is 6.14. The molecule has 1 fully saturated rings. The van der Waals surface area contributed by atoms with E-state index in [9.17, 15) is 9.59 Å². The van der Waals surface area contributed by atoms with Crippen LogP contribution in [-0.2, 0) is 4.79 Å². The average molecular weight is 340 g/mol. The number of carbonyl (C=O) groups is 2. The lowest BCUT2D eigenvalue weighted by atomic mass is 9.93. The Balaban J connectivity index is 2.16. The van der Waals surface area contributed by atoms with Crippen molar-refractivity contribution in [1.82, 2.24) is 4.90 Å². The average Bonchev–Trinajstić information content (AvgIpc) is 2.46. The number of methoxy groups -OCH3 is 1. The summed E-state index contributed by atoms with van der Waals surface area (Å²) in [5.41, 5.74) is 0.551. The smallest absolute Gasteiger partial charge is 0.257 e. The van der Waals surface area contributed by atoms with Crippen LogP contribution in [0, 0.1) is 0 Å². The highest BCUT2D eigenvalue weighted by molar-refractivity contribution is 9.10. The summed E-state index contributed by atoms with van der Waals surface area (Å²) >= 11 is 3.36. The highest BCUT2D eigenvalue weighted by Crippen LogP contribution is 2.27. The van der Waals surface area contributed by atoms with Crippen LogP contribution in [0.5, 0.6) is 5.75 Å². The topological polar surface area (TPSA) is 46.6 Å². The lowest BCUT2D eigenvalue weighted by Crippen LogP contribution is -2.39. The van der Waals surface area contributed by atoms with Crippen molar-refractivity contribution < 1.29 is 14.3 Å². The molecule has 0 N–H and O–H groups in total. The third-order valence-electron chi connectivity index (χ3n) is 3.77. The summed E-state index contributed by atoms with van der Waals surface area (Å²) in [4.78, 5) is 25.6. The Labute approximate surface area is 127 Å². The molecular formula is C15H18BrNO3. The van der Waals surface area contributed by atoms with E-state index in [4.69, 9.17) is 4.74 Å². The third kappa shape index (κ3) is 3.20. The fourth-order valence-electron chi connectivity index (χ4n) is 2.51. The summed E-state index contributed by atoms with van der Waals surface area (Å²) in [6.07, 6.45) is 2.64. The van der Waals surface area contributed by atoms with Crippen LogP contribution in [-0.4, -0.2) is 36.8 Å². The molecule has 0 spiro atoms. The number of hydrogen-bond donors (Lipinski definition) is 0. The molecule has 0 bridgehead atoms. The van der Waals surface area contributed by atoms with Gasteiger partial charge in [0.1, 0.15) is 11.5 Å². The van der Waals surface area contributed by atoms with Crippen molar-refractivity contribution in [2.24, 2.45) is 0 Å². The van der Waals surface area contributed by atoms with Crippen molar-refractivity contribution in [3.8, 4) is 5.75 Å². The maximum absolute atomic E-state index is 12.6. The molecule has 1 aromatic carbocycles. The Hall–Kier alpha value is -1.36. The van der Waals surface area contributed by atoms with Crippen LogP contribution in [0.1, 0.15) is 36.0 Å². The number of ether oxygens (including phenoxy) is 1. The van der Waals surface area contributed by atoms with Gasteiger partial charge in [-0.15, -0.1) is 0 Å². The van der Waals surface area contributed by atoms with Crippen LogP contribution < -0.4 is 4.74 Å². The predicted molar refractivity (Wildman–Crippen MR) is 80.1 cm³/mol. The summed E-state index contributed by atoms with van der Waals surface area (Å²) in [5.74, 6) is 0.792. The number of nitrogens with zero attached hydrogens (tertiary/aromatic N) is 1. The fourth-order valence-corrected chi connectivity index (χ4v) is 2.85. The molecule has 2 rings (SSSR count). The lowest BCUT2D eigenvalue weighted by molar-refractivity contribution is -0.121. The molecule has 0 aromatic heterocycles. The number of ketones is 1. The molecule has 5 heteroatoms. The molecule has 20 heavy (non-hydrogen) atoms. The maximum atomic E-state index is 12.6. The van der Waals surface area contributed by atoms with Crippen LogP contribution in [0.2, 0.25) is 0 Å². The fraction of sp³-hybridized carbons (Fsp3) is 0.467. The quantitative estimate of drug-likeness (QED) is 0.850. The van der Waals surface area contributed by atoms with Gasteiger partial charge in [0.15, 0.2) is 0 Å². The molecule has 0 atom stereocenters. The standard InChI is InChI=1S/C15H18BrNO3/c1-17(11-4-6-12(18)7-5-11)15(19)13-8-3-10(16)9-14(13)20-2/h3,8-9,11H,4-7H2,1-2H3. The summed E-state index contributed by atoms with van der Waals surface area (Å²) in [6, 6.07) is 5.50. The number of hydrogen-bond acceptors (Lipinski definition) is 3. The lowest BCUT2D eigenvalue weighted by Gasteiger charge is -2.31. The van der Waals surface area contributed by atoms with Gasteiger partial charge in [-0.2, -0.15) is 0 Å². The molecule has 1 saturated carbocycles. The predicted octanol–water partition coefficient (Wildman–Crippen LogP) is 3.04. The van der Waals surface area contributed by atoms with E-state index in [1.807, 2.05) is 6.07 Å². The minimum absolute atomic E-state index is 0.0614. The molecular weight excluding hydrogens is 322 g/mol. The van der Waals surface area contributed by atoms with E-state index in [1.165, 1.54) is 0 Å². The van der Waals surface area contributed by atoms with Crippen LogP contribution in [0.25, 0.3) is 0 Å². The summed E-state index contributed by atoms with van der Waals surface area (Å²) in [5, 5.41) is 0. The Bertz CT molecular complexity index is 520. The van der Waals surface area contributed by atoms with Crippen LogP contribution >= 0.6 is 15.9 Å². The van der Waals surface area contributed by atoms with E-state index in [2.05, 4.69) is 15.9 Å². The first-order valence-electron chi connectivity index (χ1n) is 6.65. The molecule has 0 saturated heterocycles. The Morgan fingerprint density at radius 2 is 2.00 bits per heavy atom. The monoisotopic (exact) mass is 339 g/mol. The molecule has 1 amide bonds. The van der Waals surface area contributed by atoms with Gasteiger partial charge in [-0.1, -0.05) is 15.9 Å². The zero-order chi connectivity index (χ0) is 14.7. The normalized spacial score (nSPS) is 16.1. The van der Waals surface area contributed by atoms with E-state index >= 15 is 0 Å². The number of benzene rings is 1. The van der Waals surface area contributed by atoms with Crippen molar-refractivity contribution in [3.63, 3.8) is 0 Å². The van der Waals surface area contributed by atoms with E-state index in [0.717, 1.165) is 17.3 Å². The van der Waals surface area contributed by atoms with E-state index in [0.29, 0.717) is 29.9 Å². The molecule has 1 aliphatic carbocycles. The third-order valence-corrected chi connectivity index (χ3v) is 4.27. The first-order chi connectivity index (χ1) is 9.52. The first kappa shape index (κ1) is 15.0. The second-order valence-electron chi connectivity index (χ2n) is 5.03. The van der Waals surface area contributed by atoms with Gasteiger partial charge in [-0.05, 0) is 31.0 Å². The van der Waals surface area contributed by atoms with Gasteiger partial charge >= 0.3 is 0 Å². The van der Waals surface area contributed by atoms with Crippen molar-refractivity contribution in [2.45, 2.75) is 31.7 Å². The number of Topliss-reactive ketones (excluding diaryl/α,β-unsaturated/α-hetero) is 1. The number of carbonyl (C=O) groups excluding carboxylic acids is 2. The van der Waals surface area contributed by atoms with Crippen molar-refractivity contribution >= 4 is 27.6 Å². The van der Waals surface area contributed by atoms with Gasteiger partial charge in [0.2, 0.25) is 0 Å². The van der Waals surface area contributed by atoms with Gasteiger partial charge in [-0.3, -0.25) is 9.59 Å². The molecule has 1 aromatic rings. The molecule has 0 heterocycles. The summed E-state index contributed by atoms with van der Waals surface area (Å²) in [6.45, 7) is 0. The molecule has 1 aliphatic rings. The van der Waals surface area contributed by atoms with E-state index in [1.54, 1.807) is 31.2 Å². The van der Waals surface area contributed by atoms with E-state index < -0.39 is 0 Å². The molecule has 0 unspecified atom stereocenters. The highest BCUT2D eigenvalue weighted by Gasteiger charge is 2.27. The number of amides is 1. The molecule has 4 nitrogen and oxygen atoms in total. The second-order valence-corrected chi connectivity index (χ2v) is 5.95. The SMILES string of the molecule is COc1cc(Br)ccc1C(=O)N(C)C1CCC(=O)CC1. The Morgan fingerprint density at radius 3 is 2.60 bits per heavy atom. The maximum Gasteiger partial charge on any atom is 0.257 e. The van der Waals surface area contributed by atoms with Crippen molar-refractivity contribution in [1.29, 1.82) is 0 Å². The minimum atomic E-state index is -0.0614. The zero-order valence-corrected chi connectivity index (χ0v) is 13.3. The van der Waals surface area contributed by atoms with Crippen molar-refractivity contribution in [2.75, 3.05) is 14.2 Å². The number of rotatable bonds is 3. The van der Waals surface area contributed by atoms with E-state index in [-0.39, 0.29) is 11.9 Å². The van der Waals surface area contributed by atoms with Gasteiger partial charge in [0.25, 0.3) is 5.91 Å².